The maximum atomic E-state index is 11.9. The highest BCUT2D eigenvalue weighted by Crippen LogP contribution is 2.27. The summed E-state index contributed by atoms with van der Waals surface area (Å²) >= 11 is 1.57. The van der Waals surface area contributed by atoms with Crippen LogP contribution in [0.3, 0.4) is 0 Å². The summed E-state index contributed by atoms with van der Waals surface area (Å²) in [6.45, 7) is 5.58. The Hall–Kier alpha value is -2.12. The van der Waals surface area contributed by atoms with Gasteiger partial charge < -0.3 is 13.7 Å². The predicted molar refractivity (Wildman–Crippen MR) is 98.0 cm³/mol. The largest absolute Gasteiger partial charge is 0.423 e. The molecule has 0 aliphatic rings. The highest BCUT2D eigenvalue weighted by molar-refractivity contribution is 7.98. The second kappa shape index (κ2) is 7.84. The first-order valence-electron chi connectivity index (χ1n) is 8.12. The highest BCUT2D eigenvalue weighted by atomic mass is 32.2. The number of hydrogen-bond acceptors (Lipinski definition) is 6. The van der Waals surface area contributed by atoms with Crippen LogP contribution >= 0.6 is 11.8 Å². The molecule has 3 aromatic rings. The van der Waals surface area contributed by atoms with Gasteiger partial charge in [-0.1, -0.05) is 11.8 Å². The van der Waals surface area contributed by atoms with Crippen LogP contribution in [0.25, 0.3) is 11.0 Å². The van der Waals surface area contributed by atoms with Gasteiger partial charge in [0.2, 0.25) is 0 Å². The third-order valence-corrected chi connectivity index (χ3v) is 5.16. The monoisotopic (exact) mass is 359 g/mol. The van der Waals surface area contributed by atoms with E-state index in [0.29, 0.717) is 17.9 Å². The van der Waals surface area contributed by atoms with Crippen molar-refractivity contribution in [3.63, 3.8) is 0 Å². The molecule has 0 spiro atoms. The van der Waals surface area contributed by atoms with Crippen molar-refractivity contribution in [3.05, 3.63) is 51.6 Å². The molecule has 25 heavy (non-hydrogen) atoms. The van der Waals surface area contributed by atoms with E-state index in [4.69, 9.17) is 9.15 Å². The SMILES string of the molecule is COCCCn1cnnc1SCc1cc(=O)oc2cc(C)c(C)cc12. The van der Waals surface area contributed by atoms with Crippen molar-refractivity contribution in [2.24, 2.45) is 0 Å². The Kier molecular flexibility index (Phi) is 5.55. The Labute approximate surface area is 150 Å². The van der Waals surface area contributed by atoms with Crippen LogP contribution in [-0.2, 0) is 17.0 Å². The van der Waals surface area contributed by atoms with E-state index < -0.39 is 0 Å². The fourth-order valence-electron chi connectivity index (χ4n) is 2.63. The van der Waals surface area contributed by atoms with E-state index in [9.17, 15) is 4.79 Å². The van der Waals surface area contributed by atoms with Crippen LogP contribution in [0.4, 0.5) is 0 Å². The summed E-state index contributed by atoms with van der Waals surface area (Å²) in [6.07, 6.45) is 2.63. The number of methoxy groups -OCH3 is 1. The van der Waals surface area contributed by atoms with Gasteiger partial charge in [-0.05, 0) is 49.1 Å². The fraction of sp³-hybridized carbons (Fsp3) is 0.389. The lowest BCUT2D eigenvalue weighted by Crippen LogP contribution is -2.03. The molecule has 0 aliphatic heterocycles. The molecule has 0 fully saturated rings. The molecule has 0 aliphatic carbocycles. The lowest BCUT2D eigenvalue weighted by molar-refractivity contribution is 0.189. The molecule has 2 heterocycles. The van der Waals surface area contributed by atoms with Gasteiger partial charge in [0.15, 0.2) is 5.16 Å². The van der Waals surface area contributed by atoms with Crippen molar-refractivity contribution in [1.29, 1.82) is 0 Å². The maximum absolute atomic E-state index is 11.9. The van der Waals surface area contributed by atoms with Gasteiger partial charge in [-0.2, -0.15) is 0 Å². The first-order chi connectivity index (χ1) is 12.1. The molecule has 3 rings (SSSR count). The summed E-state index contributed by atoms with van der Waals surface area (Å²) in [7, 11) is 1.69. The zero-order valence-corrected chi connectivity index (χ0v) is 15.4. The third-order valence-electron chi connectivity index (χ3n) is 4.13. The number of benzene rings is 1. The van der Waals surface area contributed by atoms with Gasteiger partial charge >= 0.3 is 5.63 Å². The normalized spacial score (nSPS) is 11.3. The van der Waals surface area contributed by atoms with Crippen LogP contribution < -0.4 is 5.63 Å². The molecular formula is C18H21N3O3S. The zero-order chi connectivity index (χ0) is 17.8. The molecule has 0 N–H and O–H groups in total. The van der Waals surface area contributed by atoms with E-state index in [1.54, 1.807) is 31.3 Å². The van der Waals surface area contributed by atoms with Gasteiger partial charge in [-0.3, -0.25) is 0 Å². The van der Waals surface area contributed by atoms with Crippen LogP contribution in [0.5, 0.6) is 0 Å². The molecule has 132 valence electrons. The fourth-order valence-corrected chi connectivity index (χ4v) is 3.57. The minimum Gasteiger partial charge on any atom is -0.423 e. The molecule has 0 amide bonds. The van der Waals surface area contributed by atoms with Gasteiger partial charge in [0.05, 0.1) is 0 Å². The minimum absolute atomic E-state index is 0.326. The van der Waals surface area contributed by atoms with Crippen LogP contribution in [0.2, 0.25) is 0 Å². The second-order valence-corrected chi connectivity index (χ2v) is 6.91. The van der Waals surface area contributed by atoms with E-state index in [0.717, 1.165) is 34.6 Å². The lowest BCUT2D eigenvalue weighted by atomic mass is 10.0. The lowest BCUT2D eigenvalue weighted by Gasteiger charge is -2.09. The molecular weight excluding hydrogens is 338 g/mol. The topological polar surface area (TPSA) is 70.2 Å². The summed E-state index contributed by atoms with van der Waals surface area (Å²) in [5.74, 6) is 0.633. The molecule has 7 heteroatoms. The number of fused-ring (bicyclic) bond motifs is 1. The molecule has 0 atom stereocenters. The van der Waals surface area contributed by atoms with Crippen LogP contribution in [-0.4, -0.2) is 28.5 Å². The molecule has 0 saturated carbocycles. The van der Waals surface area contributed by atoms with E-state index in [1.165, 1.54) is 5.56 Å². The number of aromatic nitrogens is 3. The summed E-state index contributed by atoms with van der Waals surface area (Å²) in [5, 5.41) is 9.97. The quantitative estimate of drug-likeness (QED) is 0.366. The summed E-state index contributed by atoms with van der Waals surface area (Å²) in [4.78, 5) is 11.9. The number of aryl methyl sites for hydroxylation is 3. The average molecular weight is 359 g/mol. The molecule has 6 nitrogen and oxygen atoms in total. The first kappa shape index (κ1) is 17.7. The molecule has 0 unspecified atom stereocenters. The van der Waals surface area contributed by atoms with Crippen molar-refractivity contribution in [2.45, 2.75) is 37.7 Å². The van der Waals surface area contributed by atoms with Gasteiger partial charge in [0, 0.05) is 37.5 Å². The second-order valence-electron chi connectivity index (χ2n) is 5.97. The van der Waals surface area contributed by atoms with Crippen LogP contribution in [0.1, 0.15) is 23.1 Å². The Bertz CT molecular complexity index is 933. The Balaban J connectivity index is 1.83. The predicted octanol–water partition coefficient (Wildman–Crippen LogP) is 3.33. The van der Waals surface area contributed by atoms with Gasteiger partial charge in [-0.25, -0.2) is 4.79 Å². The van der Waals surface area contributed by atoms with E-state index in [2.05, 4.69) is 23.2 Å². The third kappa shape index (κ3) is 4.11. The molecule has 1 aromatic carbocycles. The van der Waals surface area contributed by atoms with E-state index in [1.807, 2.05) is 17.6 Å². The summed E-state index contributed by atoms with van der Waals surface area (Å²) < 4.78 is 12.4. The van der Waals surface area contributed by atoms with Gasteiger partial charge in [0.25, 0.3) is 0 Å². The number of nitrogens with zero attached hydrogens (tertiary/aromatic N) is 3. The van der Waals surface area contributed by atoms with Crippen molar-refractivity contribution in [3.8, 4) is 0 Å². The average Bonchev–Trinajstić information content (AvgIpc) is 3.02. The Morgan fingerprint density at radius 2 is 2.04 bits per heavy atom. The van der Waals surface area contributed by atoms with Crippen molar-refractivity contribution >= 4 is 22.7 Å². The van der Waals surface area contributed by atoms with Gasteiger partial charge in [-0.15, -0.1) is 10.2 Å². The number of hydrogen-bond donors (Lipinski definition) is 0. The smallest absolute Gasteiger partial charge is 0.336 e. The first-order valence-corrected chi connectivity index (χ1v) is 9.10. The standard InChI is InChI=1S/C18H21N3O3S/c1-12-7-15-14(9-17(22)24-16(15)8-13(12)2)10-25-18-20-19-11-21(18)5-4-6-23-3/h7-9,11H,4-6,10H2,1-3H3. The van der Waals surface area contributed by atoms with Crippen LogP contribution in [0, 0.1) is 13.8 Å². The molecule has 0 radical (unpaired) electrons. The zero-order valence-electron chi connectivity index (χ0n) is 14.6. The number of ether oxygens (including phenoxy) is 1. The molecule has 2 aromatic heterocycles. The molecule has 0 bridgehead atoms. The van der Waals surface area contributed by atoms with Crippen molar-refractivity contribution < 1.29 is 9.15 Å². The maximum Gasteiger partial charge on any atom is 0.336 e. The Morgan fingerprint density at radius 3 is 2.84 bits per heavy atom. The Morgan fingerprint density at radius 1 is 1.24 bits per heavy atom. The van der Waals surface area contributed by atoms with E-state index >= 15 is 0 Å². The summed E-state index contributed by atoms with van der Waals surface area (Å²) in [6, 6.07) is 5.57. The summed E-state index contributed by atoms with van der Waals surface area (Å²) in [5.41, 5.74) is 3.54. The van der Waals surface area contributed by atoms with Crippen molar-refractivity contribution in [2.75, 3.05) is 13.7 Å². The highest BCUT2D eigenvalue weighted by Gasteiger charge is 2.11. The van der Waals surface area contributed by atoms with E-state index in [-0.39, 0.29) is 5.63 Å². The van der Waals surface area contributed by atoms with Gasteiger partial charge in [0.1, 0.15) is 11.9 Å². The number of thioether (sulfide) groups is 1. The minimum atomic E-state index is -0.326. The van der Waals surface area contributed by atoms with Crippen molar-refractivity contribution in [1.82, 2.24) is 14.8 Å². The molecule has 0 saturated heterocycles. The number of rotatable bonds is 7. The van der Waals surface area contributed by atoms with Crippen LogP contribution in [0.15, 0.2) is 38.9 Å².